The van der Waals surface area contributed by atoms with Gasteiger partial charge in [0.2, 0.25) is 0 Å². The van der Waals surface area contributed by atoms with Crippen LogP contribution in [0.25, 0.3) is 0 Å². The zero-order valence-corrected chi connectivity index (χ0v) is 14.3. The van der Waals surface area contributed by atoms with Crippen molar-refractivity contribution in [2.75, 3.05) is 13.1 Å². The van der Waals surface area contributed by atoms with Gasteiger partial charge in [0.05, 0.1) is 0 Å². The van der Waals surface area contributed by atoms with Crippen molar-refractivity contribution in [3.05, 3.63) is 0 Å². The fraction of sp³-hybridized carbons (Fsp3) is 1.00. The van der Waals surface area contributed by atoms with Crippen LogP contribution in [0.3, 0.4) is 0 Å². The van der Waals surface area contributed by atoms with E-state index in [1.807, 2.05) is 0 Å². The Balaban J connectivity index is 2.30. The molecule has 0 spiro atoms. The molecular formula is C18H38N2. The first-order chi connectivity index (χ1) is 9.62. The Kier molecular flexibility index (Phi) is 8.79. The highest BCUT2D eigenvalue weighted by molar-refractivity contribution is 4.95. The standard InChI is InChI=1S/C18H38N2/c1-4-6-8-10-12-14-18(3,13-11-9-7-5-2)20-15-17(19)16-20/h17H,4-16,19H2,1-3H3. The molecule has 2 N–H and O–H groups in total. The Hall–Kier alpha value is -0.0800. The van der Waals surface area contributed by atoms with E-state index in [-0.39, 0.29) is 0 Å². The maximum atomic E-state index is 5.99. The van der Waals surface area contributed by atoms with E-state index >= 15 is 0 Å². The number of nitrogens with zero attached hydrogens (tertiary/aromatic N) is 1. The minimum Gasteiger partial charge on any atom is -0.325 e. The van der Waals surface area contributed by atoms with Crippen LogP contribution in [-0.2, 0) is 0 Å². The second-order valence-corrected chi connectivity index (χ2v) is 7.14. The predicted molar refractivity (Wildman–Crippen MR) is 90.1 cm³/mol. The molecule has 0 saturated carbocycles. The maximum absolute atomic E-state index is 5.99. The lowest BCUT2D eigenvalue weighted by atomic mass is 9.83. The van der Waals surface area contributed by atoms with Gasteiger partial charge in [0.1, 0.15) is 0 Å². The van der Waals surface area contributed by atoms with E-state index < -0.39 is 0 Å². The Labute approximate surface area is 127 Å². The van der Waals surface area contributed by atoms with Gasteiger partial charge >= 0.3 is 0 Å². The summed E-state index contributed by atoms with van der Waals surface area (Å²) in [6, 6.07) is 0.435. The summed E-state index contributed by atoms with van der Waals surface area (Å²) >= 11 is 0. The molecule has 0 amide bonds. The molecule has 2 heteroatoms. The molecule has 1 aliphatic heterocycles. The van der Waals surface area contributed by atoms with Crippen LogP contribution >= 0.6 is 0 Å². The van der Waals surface area contributed by atoms with E-state index in [1.54, 1.807) is 0 Å². The van der Waals surface area contributed by atoms with E-state index in [4.69, 9.17) is 5.73 Å². The van der Waals surface area contributed by atoms with Crippen LogP contribution in [0.2, 0.25) is 0 Å². The van der Waals surface area contributed by atoms with Gasteiger partial charge in [0, 0.05) is 24.7 Å². The third kappa shape index (κ3) is 6.13. The third-order valence-corrected chi connectivity index (χ3v) is 5.06. The molecule has 120 valence electrons. The SMILES string of the molecule is CCCCCCCC(C)(CCCCCC)N1CC(N)C1. The number of unbranched alkanes of at least 4 members (excludes halogenated alkanes) is 7. The minimum absolute atomic E-state index is 0.426. The van der Waals surface area contributed by atoms with Gasteiger partial charge in [-0.1, -0.05) is 71.6 Å². The number of hydrogen-bond donors (Lipinski definition) is 1. The van der Waals surface area contributed by atoms with Crippen LogP contribution in [0.4, 0.5) is 0 Å². The predicted octanol–water partition coefficient (Wildman–Crippen LogP) is 4.72. The van der Waals surface area contributed by atoms with Gasteiger partial charge in [-0.25, -0.2) is 0 Å². The smallest absolute Gasteiger partial charge is 0.0297 e. The molecule has 0 bridgehead atoms. The van der Waals surface area contributed by atoms with Gasteiger partial charge in [-0.2, -0.15) is 0 Å². The quantitative estimate of drug-likeness (QED) is 0.525. The molecule has 0 radical (unpaired) electrons. The summed E-state index contributed by atoms with van der Waals surface area (Å²) in [4.78, 5) is 2.66. The first-order valence-electron chi connectivity index (χ1n) is 9.13. The average Bonchev–Trinajstić information content (AvgIpc) is 2.40. The van der Waals surface area contributed by atoms with Crippen molar-refractivity contribution >= 4 is 0 Å². The number of likely N-dealkylation sites (tertiary alicyclic amines) is 1. The summed E-state index contributed by atoms with van der Waals surface area (Å²) in [5.41, 5.74) is 6.42. The van der Waals surface area contributed by atoms with Crippen molar-refractivity contribution in [1.82, 2.24) is 4.90 Å². The zero-order valence-electron chi connectivity index (χ0n) is 14.3. The third-order valence-electron chi connectivity index (χ3n) is 5.06. The van der Waals surface area contributed by atoms with Crippen LogP contribution < -0.4 is 5.73 Å². The highest BCUT2D eigenvalue weighted by atomic mass is 15.3. The second kappa shape index (κ2) is 9.78. The monoisotopic (exact) mass is 282 g/mol. The lowest BCUT2D eigenvalue weighted by molar-refractivity contribution is 0.0101. The summed E-state index contributed by atoms with van der Waals surface area (Å²) in [5.74, 6) is 0. The van der Waals surface area contributed by atoms with Gasteiger partial charge in [0.25, 0.3) is 0 Å². The van der Waals surface area contributed by atoms with Crippen molar-refractivity contribution in [1.29, 1.82) is 0 Å². The highest BCUT2D eigenvalue weighted by Gasteiger charge is 2.37. The molecular weight excluding hydrogens is 244 g/mol. The molecule has 1 rings (SSSR count). The van der Waals surface area contributed by atoms with E-state index in [0.717, 1.165) is 13.1 Å². The Morgan fingerprint density at radius 2 is 1.30 bits per heavy atom. The Morgan fingerprint density at radius 1 is 0.850 bits per heavy atom. The van der Waals surface area contributed by atoms with Crippen molar-refractivity contribution < 1.29 is 0 Å². The Morgan fingerprint density at radius 3 is 1.75 bits per heavy atom. The van der Waals surface area contributed by atoms with Crippen LogP contribution in [0.1, 0.15) is 91.4 Å². The normalized spacial score (nSPS) is 19.8. The van der Waals surface area contributed by atoms with E-state index in [2.05, 4.69) is 25.7 Å². The van der Waals surface area contributed by atoms with Crippen molar-refractivity contribution in [2.45, 2.75) is 103 Å². The van der Waals surface area contributed by atoms with Crippen LogP contribution in [-0.4, -0.2) is 29.6 Å². The average molecular weight is 283 g/mol. The van der Waals surface area contributed by atoms with Crippen molar-refractivity contribution in [3.63, 3.8) is 0 Å². The van der Waals surface area contributed by atoms with E-state index in [9.17, 15) is 0 Å². The first kappa shape index (κ1) is 18.0. The van der Waals surface area contributed by atoms with E-state index in [0.29, 0.717) is 11.6 Å². The number of nitrogens with two attached hydrogens (primary N) is 1. The van der Waals surface area contributed by atoms with Crippen LogP contribution in [0, 0.1) is 0 Å². The molecule has 1 unspecified atom stereocenters. The highest BCUT2D eigenvalue weighted by Crippen LogP contribution is 2.32. The van der Waals surface area contributed by atoms with Crippen molar-refractivity contribution in [3.8, 4) is 0 Å². The van der Waals surface area contributed by atoms with Gasteiger partial charge in [-0.15, -0.1) is 0 Å². The summed E-state index contributed by atoms with van der Waals surface area (Å²) in [7, 11) is 0. The van der Waals surface area contributed by atoms with Gasteiger partial charge in [-0.05, 0) is 19.8 Å². The maximum Gasteiger partial charge on any atom is 0.0297 e. The summed E-state index contributed by atoms with van der Waals surface area (Å²) < 4.78 is 0. The summed E-state index contributed by atoms with van der Waals surface area (Å²) in [6.45, 7) is 9.32. The largest absolute Gasteiger partial charge is 0.325 e. The number of hydrogen-bond acceptors (Lipinski definition) is 2. The van der Waals surface area contributed by atoms with Gasteiger partial charge in [0.15, 0.2) is 0 Å². The minimum atomic E-state index is 0.426. The molecule has 0 aromatic rings. The van der Waals surface area contributed by atoms with Gasteiger partial charge < -0.3 is 5.73 Å². The molecule has 1 atom stereocenters. The van der Waals surface area contributed by atoms with Crippen molar-refractivity contribution in [2.24, 2.45) is 5.73 Å². The summed E-state index contributed by atoms with van der Waals surface area (Å²) in [6.07, 6.45) is 15.2. The molecule has 20 heavy (non-hydrogen) atoms. The lowest BCUT2D eigenvalue weighted by Gasteiger charge is -2.50. The topological polar surface area (TPSA) is 29.3 Å². The Bertz CT molecular complexity index is 236. The molecule has 2 nitrogen and oxygen atoms in total. The summed E-state index contributed by atoms with van der Waals surface area (Å²) in [5, 5.41) is 0. The molecule has 0 aromatic carbocycles. The fourth-order valence-corrected chi connectivity index (χ4v) is 3.44. The lowest BCUT2D eigenvalue weighted by Crippen LogP contribution is -2.64. The first-order valence-corrected chi connectivity index (χ1v) is 9.13. The molecule has 1 aliphatic rings. The van der Waals surface area contributed by atoms with Crippen LogP contribution in [0.15, 0.2) is 0 Å². The fourth-order valence-electron chi connectivity index (χ4n) is 3.44. The van der Waals surface area contributed by atoms with E-state index in [1.165, 1.54) is 70.6 Å². The molecule has 1 saturated heterocycles. The molecule has 0 aliphatic carbocycles. The molecule has 1 heterocycles. The molecule has 0 aromatic heterocycles. The second-order valence-electron chi connectivity index (χ2n) is 7.14. The van der Waals surface area contributed by atoms with Gasteiger partial charge in [-0.3, -0.25) is 4.90 Å². The number of rotatable bonds is 12. The molecule has 1 fully saturated rings. The van der Waals surface area contributed by atoms with Crippen LogP contribution in [0.5, 0.6) is 0 Å². The zero-order chi connectivity index (χ0) is 14.8.